The van der Waals surface area contributed by atoms with Gasteiger partial charge in [-0.05, 0) is 29.6 Å². The van der Waals surface area contributed by atoms with E-state index in [0.717, 1.165) is 6.42 Å². The Labute approximate surface area is 90.1 Å². The van der Waals surface area contributed by atoms with Gasteiger partial charge < -0.3 is 5.11 Å². The summed E-state index contributed by atoms with van der Waals surface area (Å²) >= 11 is 0. The lowest BCUT2D eigenvalue weighted by Gasteiger charge is -2.36. The van der Waals surface area contributed by atoms with Gasteiger partial charge in [0.25, 0.3) is 0 Å². The first-order valence-electron chi connectivity index (χ1n) is 5.52. The topological polar surface area (TPSA) is 32.3 Å². The molecule has 0 heterocycles. The average Bonchev–Trinajstić information content (AvgIpc) is 2.35. The average molecular weight is 217 g/mol. The molecule has 0 saturated heterocycles. The molecule has 1 fully saturated rings. The fourth-order valence-electron chi connectivity index (χ4n) is 3.35. The smallest absolute Gasteiger partial charge is 0.0465 e. The lowest BCUT2D eigenvalue weighted by atomic mass is 9.71. The molecule has 1 aliphatic rings. The molecule has 1 aliphatic carbocycles. The zero-order valence-electron chi connectivity index (χ0n) is 9.75. The first kappa shape index (κ1) is 12.4. The van der Waals surface area contributed by atoms with Crippen LogP contribution in [0.1, 0.15) is 34.1 Å². The Kier molecular flexibility index (Phi) is 3.96. The number of rotatable bonds is 3. The van der Waals surface area contributed by atoms with E-state index in [1.165, 1.54) is 0 Å². The Morgan fingerprint density at radius 2 is 2.07 bits per heavy atom. The van der Waals surface area contributed by atoms with Crippen LogP contribution in [0.3, 0.4) is 0 Å². The monoisotopic (exact) mass is 217 g/mol. The summed E-state index contributed by atoms with van der Waals surface area (Å²) in [7, 11) is 2.63. The van der Waals surface area contributed by atoms with E-state index in [-0.39, 0.29) is 5.41 Å². The molecule has 2 nitrogen and oxygen atoms in total. The van der Waals surface area contributed by atoms with Crippen molar-refractivity contribution in [3.8, 4) is 0 Å². The van der Waals surface area contributed by atoms with Crippen molar-refractivity contribution < 1.29 is 5.11 Å². The first-order chi connectivity index (χ1) is 6.45. The van der Waals surface area contributed by atoms with Gasteiger partial charge in [0, 0.05) is 12.6 Å². The molecule has 2 N–H and O–H groups in total. The molecule has 0 aliphatic heterocycles. The van der Waals surface area contributed by atoms with Crippen LogP contribution >= 0.6 is 9.39 Å². The fraction of sp³-hybridized carbons (Fsp3) is 1.00. The number of hydrogen-bond acceptors (Lipinski definition) is 2. The summed E-state index contributed by atoms with van der Waals surface area (Å²) in [6.07, 6.45) is 1.09. The maximum absolute atomic E-state index is 9.38. The van der Waals surface area contributed by atoms with E-state index in [1.54, 1.807) is 0 Å². The Morgan fingerprint density at radius 1 is 1.50 bits per heavy atom. The first-order valence-corrected chi connectivity index (χ1v) is 6.09. The van der Waals surface area contributed by atoms with Gasteiger partial charge in [0.15, 0.2) is 0 Å². The van der Waals surface area contributed by atoms with E-state index in [9.17, 15) is 5.11 Å². The molecule has 1 rings (SSSR count). The minimum absolute atomic E-state index is 0.247. The third-order valence-electron chi connectivity index (χ3n) is 4.04. The summed E-state index contributed by atoms with van der Waals surface area (Å²) in [5, 5.41) is 12.7. The van der Waals surface area contributed by atoms with Crippen LogP contribution in [-0.2, 0) is 0 Å². The van der Waals surface area contributed by atoms with Crippen molar-refractivity contribution in [2.75, 3.05) is 6.61 Å². The van der Waals surface area contributed by atoms with Crippen LogP contribution in [0.4, 0.5) is 0 Å². The molecule has 84 valence electrons. The van der Waals surface area contributed by atoms with Crippen LogP contribution in [0.25, 0.3) is 0 Å². The van der Waals surface area contributed by atoms with Crippen LogP contribution in [0.5, 0.6) is 0 Å². The zero-order valence-corrected chi connectivity index (χ0v) is 10.9. The molecule has 1 saturated carbocycles. The maximum Gasteiger partial charge on any atom is 0.0465 e. The van der Waals surface area contributed by atoms with Gasteiger partial charge in [0.1, 0.15) is 0 Å². The molecule has 0 spiro atoms. The number of aliphatic hydroxyl groups is 1. The van der Waals surface area contributed by atoms with Crippen molar-refractivity contribution in [3.05, 3.63) is 0 Å². The molecular weight excluding hydrogens is 193 g/mol. The summed E-state index contributed by atoms with van der Waals surface area (Å²) in [6, 6.07) is 0.534. The van der Waals surface area contributed by atoms with Crippen LogP contribution in [-0.4, -0.2) is 17.8 Å². The second-order valence-electron chi connectivity index (χ2n) is 5.48. The highest BCUT2D eigenvalue weighted by atomic mass is 31.0. The highest BCUT2D eigenvalue weighted by Crippen LogP contribution is 2.50. The lowest BCUT2D eigenvalue weighted by Crippen LogP contribution is -2.36. The van der Waals surface area contributed by atoms with Crippen molar-refractivity contribution in [1.29, 1.82) is 0 Å². The summed E-state index contributed by atoms with van der Waals surface area (Å²) < 4.78 is 0. The summed E-state index contributed by atoms with van der Waals surface area (Å²) in [5.74, 6) is 1.75. The highest BCUT2D eigenvalue weighted by molar-refractivity contribution is 7.13. The van der Waals surface area contributed by atoms with E-state index in [1.807, 2.05) is 0 Å². The maximum atomic E-state index is 9.38. The predicted molar refractivity (Wildman–Crippen MR) is 63.9 cm³/mol. The molecule has 0 bridgehead atoms. The molecule has 3 heteroatoms. The van der Waals surface area contributed by atoms with Crippen molar-refractivity contribution >= 4 is 9.39 Å². The molecule has 0 amide bonds. The Bertz CT molecular complexity index is 194. The molecule has 4 atom stereocenters. The molecule has 14 heavy (non-hydrogen) atoms. The summed E-state index contributed by atoms with van der Waals surface area (Å²) in [5.41, 5.74) is 0.247. The van der Waals surface area contributed by atoms with E-state index in [4.69, 9.17) is 0 Å². The summed E-state index contributed by atoms with van der Waals surface area (Å²) in [6.45, 7) is 9.46. The predicted octanol–water partition coefficient (Wildman–Crippen LogP) is 2.05. The third-order valence-corrected chi connectivity index (χ3v) is 4.46. The van der Waals surface area contributed by atoms with E-state index < -0.39 is 0 Å². The molecule has 0 aromatic carbocycles. The van der Waals surface area contributed by atoms with Gasteiger partial charge in [-0.25, -0.2) is 0 Å². The van der Waals surface area contributed by atoms with Crippen LogP contribution in [0.2, 0.25) is 0 Å². The zero-order chi connectivity index (χ0) is 10.9. The van der Waals surface area contributed by atoms with Crippen molar-refractivity contribution in [1.82, 2.24) is 5.09 Å². The Morgan fingerprint density at radius 3 is 2.36 bits per heavy atom. The van der Waals surface area contributed by atoms with Gasteiger partial charge in [-0.15, -0.1) is 0 Å². The number of aliphatic hydroxyl groups excluding tert-OH is 1. The number of nitrogens with one attached hydrogen (secondary N) is 1. The molecule has 0 radical (unpaired) electrons. The van der Waals surface area contributed by atoms with Crippen LogP contribution in [0.15, 0.2) is 0 Å². The standard InChI is InChI=1S/C11H24NOP/c1-7(2)10-9(12-14)5-8(6-13)11(10,3)4/h7-10,12-13H,5-6,14H2,1-4H3/t8?,9-,10?/m0/s1. The lowest BCUT2D eigenvalue weighted by molar-refractivity contribution is 0.0913. The van der Waals surface area contributed by atoms with Gasteiger partial charge in [0.2, 0.25) is 0 Å². The second-order valence-corrected chi connectivity index (χ2v) is 5.81. The minimum atomic E-state index is 0.247. The highest BCUT2D eigenvalue weighted by Gasteiger charge is 2.49. The molecular formula is C11H24NOP. The van der Waals surface area contributed by atoms with E-state index in [0.29, 0.717) is 30.4 Å². The second kappa shape index (κ2) is 4.47. The van der Waals surface area contributed by atoms with Crippen LogP contribution < -0.4 is 5.09 Å². The Balaban J connectivity index is 2.87. The quantitative estimate of drug-likeness (QED) is 0.709. The Hall–Kier alpha value is 0.350. The van der Waals surface area contributed by atoms with Gasteiger partial charge in [-0.2, -0.15) is 0 Å². The largest absolute Gasteiger partial charge is 0.396 e. The van der Waals surface area contributed by atoms with Gasteiger partial charge in [-0.1, -0.05) is 37.1 Å². The van der Waals surface area contributed by atoms with E-state index in [2.05, 4.69) is 42.2 Å². The molecule has 0 aromatic rings. The van der Waals surface area contributed by atoms with Crippen LogP contribution in [0, 0.1) is 23.2 Å². The SMILES string of the molecule is CC(C)C1[C@@H](NP)CC(CO)C1(C)C. The van der Waals surface area contributed by atoms with E-state index >= 15 is 0 Å². The van der Waals surface area contributed by atoms with Gasteiger partial charge in [0.05, 0.1) is 0 Å². The van der Waals surface area contributed by atoms with Gasteiger partial charge in [-0.3, -0.25) is 5.09 Å². The van der Waals surface area contributed by atoms with Crippen molar-refractivity contribution in [2.45, 2.75) is 40.2 Å². The number of hydrogen-bond donors (Lipinski definition) is 2. The molecule has 3 unspecified atom stereocenters. The third kappa shape index (κ3) is 1.98. The minimum Gasteiger partial charge on any atom is -0.396 e. The van der Waals surface area contributed by atoms with Crippen molar-refractivity contribution in [2.24, 2.45) is 23.2 Å². The molecule has 0 aromatic heterocycles. The van der Waals surface area contributed by atoms with Gasteiger partial charge >= 0.3 is 0 Å². The summed E-state index contributed by atoms with van der Waals surface area (Å²) in [4.78, 5) is 0. The van der Waals surface area contributed by atoms with Crippen molar-refractivity contribution in [3.63, 3.8) is 0 Å². The normalized spacial score (nSPS) is 36.6. The fourth-order valence-corrected chi connectivity index (χ4v) is 3.70.